The van der Waals surface area contributed by atoms with Crippen molar-refractivity contribution < 1.29 is 9.73 Å². The van der Waals surface area contributed by atoms with Crippen molar-refractivity contribution in [2.24, 2.45) is 4.99 Å². The molecule has 1 aliphatic rings. The molecular weight excluding hydrogens is 184 g/mol. The Hall–Kier alpha value is -1.69. The summed E-state index contributed by atoms with van der Waals surface area (Å²) < 4.78 is 4.95. The highest BCUT2D eigenvalue weighted by atomic mass is 16.5. The Kier molecular flexibility index (Phi) is 2.55. The molecule has 0 radical (unpaired) electrons. The maximum atomic E-state index is 8.37. The highest BCUT2D eigenvalue weighted by Crippen LogP contribution is 2.32. The van der Waals surface area contributed by atoms with Crippen molar-refractivity contribution in [3.63, 3.8) is 0 Å². The summed E-state index contributed by atoms with van der Waals surface area (Å²) in [5.41, 5.74) is 3.72. The molecule has 0 saturated heterocycles. The number of nitrogens with zero attached hydrogens (tertiary/aromatic N) is 3. The van der Waals surface area contributed by atoms with Gasteiger partial charge in [-0.3, -0.25) is 10.7 Å². The van der Waals surface area contributed by atoms with Gasteiger partial charge in [0.2, 0.25) is 0 Å². The second-order valence-corrected chi connectivity index (χ2v) is 2.91. The Morgan fingerprint density at radius 3 is 3.21 bits per heavy atom. The van der Waals surface area contributed by atoms with E-state index in [1.54, 1.807) is 0 Å². The molecule has 1 aliphatic carbocycles. The van der Waals surface area contributed by atoms with E-state index in [9.17, 15) is 0 Å². The molecule has 0 fully saturated rings. The lowest BCUT2D eigenvalue weighted by Gasteiger charge is -1.95. The molecule has 0 aliphatic heterocycles. The van der Waals surface area contributed by atoms with Crippen molar-refractivity contribution in [2.75, 3.05) is 0 Å². The van der Waals surface area contributed by atoms with E-state index in [1.807, 2.05) is 5.48 Å². The van der Waals surface area contributed by atoms with Gasteiger partial charge in [-0.15, -0.1) is 0 Å². The van der Waals surface area contributed by atoms with Crippen molar-refractivity contribution in [2.45, 2.75) is 19.3 Å². The van der Waals surface area contributed by atoms with Gasteiger partial charge in [-0.25, -0.2) is 4.99 Å². The summed E-state index contributed by atoms with van der Waals surface area (Å²) in [5.74, 6) is 0.521. The second-order valence-electron chi connectivity index (χ2n) is 2.91. The number of aromatic nitrogens is 2. The molecule has 2 rings (SSSR count). The third-order valence-electron chi connectivity index (χ3n) is 2.09. The number of aliphatic imine (C=N–C) groups is 1. The van der Waals surface area contributed by atoms with Crippen LogP contribution in [0.2, 0.25) is 0 Å². The van der Waals surface area contributed by atoms with Crippen LogP contribution in [0.15, 0.2) is 21.5 Å². The SMILES string of the molecule is ONC=NC1=C(c2ncno2)CCC1. The van der Waals surface area contributed by atoms with Gasteiger partial charge < -0.3 is 4.52 Å². The van der Waals surface area contributed by atoms with Gasteiger partial charge in [0.1, 0.15) is 6.34 Å². The van der Waals surface area contributed by atoms with E-state index in [-0.39, 0.29) is 0 Å². The monoisotopic (exact) mass is 194 g/mol. The number of allylic oxidation sites excluding steroid dienone is 2. The van der Waals surface area contributed by atoms with Crippen LogP contribution < -0.4 is 5.48 Å². The minimum absolute atomic E-state index is 0.521. The molecule has 1 aromatic heterocycles. The molecular formula is C8H10N4O2. The molecule has 0 amide bonds. The van der Waals surface area contributed by atoms with E-state index in [2.05, 4.69) is 15.1 Å². The summed E-state index contributed by atoms with van der Waals surface area (Å²) in [7, 11) is 0. The third kappa shape index (κ3) is 1.64. The van der Waals surface area contributed by atoms with Gasteiger partial charge in [0, 0.05) is 5.57 Å². The lowest BCUT2D eigenvalue weighted by molar-refractivity contribution is 0.239. The van der Waals surface area contributed by atoms with E-state index < -0.39 is 0 Å². The van der Waals surface area contributed by atoms with E-state index in [1.165, 1.54) is 12.7 Å². The normalized spacial score (nSPS) is 16.9. The molecule has 0 unspecified atom stereocenters. The zero-order valence-corrected chi connectivity index (χ0v) is 7.47. The maximum Gasteiger partial charge on any atom is 0.255 e. The molecule has 0 spiro atoms. The number of nitrogens with one attached hydrogen (secondary N) is 1. The van der Waals surface area contributed by atoms with Crippen molar-refractivity contribution in [3.05, 3.63) is 17.9 Å². The van der Waals surface area contributed by atoms with Crippen LogP contribution in [0.5, 0.6) is 0 Å². The van der Waals surface area contributed by atoms with Crippen LogP contribution in [-0.4, -0.2) is 21.7 Å². The standard InChI is InChI=1S/C8H10N4O2/c13-11-4-9-7-3-1-2-6(7)8-10-5-12-14-8/h4-5,13H,1-3H2,(H,9,11). The summed E-state index contributed by atoms with van der Waals surface area (Å²) in [5, 5.41) is 11.9. The molecule has 0 bridgehead atoms. The molecule has 1 aromatic rings. The number of hydroxylamine groups is 1. The van der Waals surface area contributed by atoms with Gasteiger partial charge >= 0.3 is 0 Å². The largest absolute Gasteiger partial charge is 0.335 e. The first-order valence-electron chi connectivity index (χ1n) is 4.33. The smallest absolute Gasteiger partial charge is 0.255 e. The van der Waals surface area contributed by atoms with E-state index in [4.69, 9.17) is 9.73 Å². The average Bonchev–Trinajstić information content (AvgIpc) is 2.84. The van der Waals surface area contributed by atoms with Gasteiger partial charge in [-0.1, -0.05) is 5.16 Å². The molecule has 0 atom stereocenters. The van der Waals surface area contributed by atoms with Crippen molar-refractivity contribution in [3.8, 4) is 0 Å². The van der Waals surface area contributed by atoms with Crippen LogP contribution in [0.25, 0.3) is 5.57 Å². The average molecular weight is 194 g/mol. The predicted molar refractivity (Wildman–Crippen MR) is 48.5 cm³/mol. The van der Waals surface area contributed by atoms with Crippen LogP contribution in [0.3, 0.4) is 0 Å². The van der Waals surface area contributed by atoms with Crippen molar-refractivity contribution in [1.82, 2.24) is 15.6 Å². The number of hydrogen-bond donors (Lipinski definition) is 2. The minimum atomic E-state index is 0.521. The highest BCUT2D eigenvalue weighted by molar-refractivity contribution is 5.67. The van der Waals surface area contributed by atoms with Crippen molar-refractivity contribution >= 4 is 11.9 Å². The van der Waals surface area contributed by atoms with Crippen LogP contribution in [-0.2, 0) is 0 Å². The summed E-state index contributed by atoms with van der Waals surface area (Å²) >= 11 is 0. The summed E-state index contributed by atoms with van der Waals surface area (Å²) in [6.07, 6.45) is 5.38. The summed E-state index contributed by atoms with van der Waals surface area (Å²) in [4.78, 5) is 8.01. The second kappa shape index (κ2) is 4.01. The third-order valence-corrected chi connectivity index (χ3v) is 2.09. The fraction of sp³-hybridized carbons (Fsp3) is 0.375. The Labute approximate surface area is 80.3 Å². The first-order chi connectivity index (χ1) is 6.92. The van der Waals surface area contributed by atoms with E-state index in [0.29, 0.717) is 5.89 Å². The Morgan fingerprint density at radius 2 is 2.50 bits per heavy atom. The molecule has 0 aromatic carbocycles. The van der Waals surface area contributed by atoms with Gasteiger partial charge in [0.05, 0.1) is 5.70 Å². The first kappa shape index (κ1) is 8.89. The number of rotatable bonds is 3. The molecule has 0 saturated carbocycles. The Balaban J connectivity index is 2.27. The molecule has 74 valence electrons. The van der Waals surface area contributed by atoms with Gasteiger partial charge in [-0.05, 0) is 19.3 Å². The van der Waals surface area contributed by atoms with Gasteiger partial charge in [0.25, 0.3) is 5.89 Å². The summed E-state index contributed by atoms with van der Waals surface area (Å²) in [6.45, 7) is 0. The minimum Gasteiger partial charge on any atom is -0.335 e. The van der Waals surface area contributed by atoms with E-state index in [0.717, 1.165) is 30.5 Å². The molecule has 6 heteroatoms. The van der Waals surface area contributed by atoms with Crippen LogP contribution >= 0.6 is 0 Å². The van der Waals surface area contributed by atoms with Crippen LogP contribution in [0, 0.1) is 0 Å². The summed E-state index contributed by atoms with van der Waals surface area (Å²) in [6, 6.07) is 0. The predicted octanol–water partition coefficient (Wildman–Crippen LogP) is 0.972. The van der Waals surface area contributed by atoms with Gasteiger partial charge in [0.15, 0.2) is 6.33 Å². The molecule has 1 heterocycles. The Morgan fingerprint density at radius 1 is 1.57 bits per heavy atom. The zero-order chi connectivity index (χ0) is 9.80. The van der Waals surface area contributed by atoms with E-state index >= 15 is 0 Å². The van der Waals surface area contributed by atoms with Crippen LogP contribution in [0.1, 0.15) is 25.2 Å². The number of hydrogen-bond acceptors (Lipinski definition) is 5. The Bertz CT molecular complexity index is 355. The first-order valence-corrected chi connectivity index (χ1v) is 4.33. The topological polar surface area (TPSA) is 83.5 Å². The van der Waals surface area contributed by atoms with Gasteiger partial charge in [-0.2, -0.15) is 4.98 Å². The molecule has 6 nitrogen and oxygen atoms in total. The molecule has 14 heavy (non-hydrogen) atoms. The zero-order valence-electron chi connectivity index (χ0n) is 7.47. The highest BCUT2D eigenvalue weighted by Gasteiger charge is 2.19. The lowest BCUT2D eigenvalue weighted by Crippen LogP contribution is -2.02. The quantitative estimate of drug-likeness (QED) is 0.425. The van der Waals surface area contributed by atoms with Crippen molar-refractivity contribution in [1.29, 1.82) is 0 Å². The lowest BCUT2D eigenvalue weighted by atomic mass is 10.2. The van der Waals surface area contributed by atoms with Crippen LogP contribution in [0.4, 0.5) is 0 Å². The molecule has 2 N–H and O–H groups in total. The maximum absolute atomic E-state index is 8.37. The fourth-order valence-electron chi connectivity index (χ4n) is 1.51. The fourth-order valence-corrected chi connectivity index (χ4v) is 1.51.